The Morgan fingerprint density at radius 2 is 2.21 bits per heavy atom. The Kier molecular flexibility index (Phi) is 4.41. The molecule has 19 heavy (non-hydrogen) atoms. The fraction of sp³-hybridized carbons (Fsp3) is 0.357. The minimum absolute atomic E-state index is 0.0885. The molecular formula is C14H18N2O3. The number of aliphatic hydroxyl groups excluding tert-OH is 1. The molecule has 1 aromatic carbocycles. The maximum Gasteiger partial charge on any atom is 0.146 e. The second kappa shape index (κ2) is 6.24. The van der Waals surface area contributed by atoms with Gasteiger partial charge in [-0.3, -0.25) is 0 Å². The first-order valence-electron chi connectivity index (χ1n) is 6.19. The van der Waals surface area contributed by atoms with Crippen molar-refractivity contribution in [3.63, 3.8) is 0 Å². The van der Waals surface area contributed by atoms with Crippen LogP contribution in [-0.2, 0) is 19.8 Å². The zero-order valence-corrected chi connectivity index (χ0v) is 11.2. The van der Waals surface area contributed by atoms with Crippen molar-refractivity contribution >= 4 is 0 Å². The third-order valence-electron chi connectivity index (χ3n) is 2.94. The first-order chi connectivity index (χ1) is 9.28. The lowest BCUT2D eigenvalue weighted by Crippen LogP contribution is -2.06. The van der Waals surface area contributed by atoms with E-state index in [4.69, 9.17) is 9.47 Å². The van der Waals surface area contributed by atoms with Crippen molar-refractivity contribution in [2.75, 3.05) is 7.11 Å². The molecule has 1 N–H and O–H groups in total. The Labute approximate surface area is 112 Å². The van der Waals surface area contributed by atoms with Crippen molar-refractivity contribution in [1.29, 1.82) is 0 Å². The van der Waals surface area contributed by atoms with E-state index in [0.29, 0.717) is 23.7 Å². The number of benzene rings is 1. The third kappa shape index (κ3) is 3.06. The summed E-state index contributed by atoms with van der Waals surface area (Å²) in [7, 11) is 1.59. The highest BCUT2D eigenvalue weighted by Gasteiger charge is 2.07. The first kappa shape index (κ1) is 13.4. The van der Waals surface area contributed by atoms with Crippen LogP contribution >= 0.6 is 0 Å². The minimum Gasteiger partial charge on any atom is -0.497 e. The van der Waals surface area contributed by atoms with Crippen molar-refractivity contribution < 1.29 is 14.6 Å². The average molecular weight is 262 g/mol. The SMILES string of the molecule is CCn1ccnc1COc1ccc(OC)cc1CO. The van der Waals surface area contributed by atoms with E-state index in [1.54, 1.807) is 31.5 Å². The molecule has 2 aromatic rings. The molecule has 5 heteroatoms. The van der Waals surface area contributed by atoms with Crippen molar-refractivity contribution in [2.24, 2.45) is 0 Å². The van der Waals surface area contributed by atoms with Crippen LogP contribution in [0.2, 0.25) is 0 Å². The summed E-state index contributed by atoms with van der Waals surface area (Å²) in [6.45, 7) is 3.20. The molecule has 0 radical (unpaired) electrons. The number of methoxy groups -OCH3 is 1. The van der Waals surface area contributed by atoms with Gasteiger partial charge in [0.15, 0.2) is 0 Å². The number of hydrogen-bond acceptors (Lipinski definition) is 4. The summed E-state index contributed by atoms with van der Waals surface area (Å²) in [6, 6.07) is 5.37. The van der Waals surface area contributed by atoms with Crippen LogP contribution in [0, 0.1) is 0 Å². The Morgan fingerprint density at radius 1 is 1.37 bits per heavy atom. The molecule has 1 heterocycles. The van der Waals surface area contributed by atoms with Crippen molar-refractivity contribution in [3.05, 3.63) is 42.0 Å². The Balaban J connectivity index is 2.11. The lowest BCUT2D eigenvalue weighted by Gasteiger charge is -2.12. The molecule has 0 aliphatic heterocycles. The van der Waals surface area contributed by atoms with Crippen LogP contribution in [0.25, 0.3) is 0 Å². The Morgan fingerprint density at radius 3 is 2.89 bits per heavy atom. The molecule has 0 unspecified atom stereocenters. The van der Waals surface area contributed by atoms with Gasteiger partial charge in [0.05, 0.1) is 13.7 Å². The molecular weight excluding hydrogens is 244 g/mol. The van der Waals surface area contributed by atoms with Gasteiger partial charge < -0.3 is 19.1 Å². The largest absolute Gasteiger partial charge is 0.497 e. The van der Waals surface area contributed by atoms with E-state index in [-0.39, 0.29) is 6.61 Å². The van der Waals surface area contributed by atoms with Gasteiger partial charge in [0.1, 0.15) is 23.9 Å². The minimum atomic E-state index is -0.0885. The maximum atomic E-state index is 9.34. The highest BCUT2D eigenvalue weighted by Crippen LogP contribution is 2.24. The van der Waals surface area contributed by atoms with E-state index in [9.17, 15) is 5.11 Å². The molecule has 0 amide bonds. The van der Waals surface area contributed by atoms with Crippen LogP contribution in [0.4, 0.5) is 0 Å². The predicted molar refractivity (Wildman–Crippen MR) is 71.1 cm³/mol. The molecule has 0 atom stereocenters. The number of nitrogens with zero attached hydrogens (tertiary/aromatic N) is 2. The van der Waals surface area contributed by atoms with Crippen LogP contribution < -0.4 is 9.47 Å². The molecule has 0 spiro atoms. The molecule has 2 rings (SSSR count). The summed E-state index contributed by atoms with van der Waals surface area (Å²) >= 11 is 0. The molecule has 102 valence electrons. The highest BCUT2D eigenvalue weighted by molar-refractivity contribution is 5.39. The number of imidazole rings is 1. The molecule has 0 aliphatic carbocycles. The van der Waals surface area contributed by atoms with Gasteiger partial charge in [-0.05, 0) is 25.1 Å². The van der Waals surface area contributed by atoms with E-state index in [1.165, 1.54) is 0 Å². The summed E-state index contributed by atoms with van der Waals surface area (Å²) in [5, 5.41) is 9.34. The van der Waals surface area contributed by atoms with Crippen LogP contribution in [0.15, 0.2) is 30.6 Å². The lowest BCUT2D eigenvalue weighted by molar-refractivity contribution is 0.252. The van der Waals surface area contributed by atoms with Gasteiger partial charge in [-0.2, -0.15) is 0 Å². The normalized spacial score (nSPS) is 10.5. The summed E-state index contributed by atoms with van der Waals surface area (Å²) in [5.41, 5.74) is 0.703. The second-order valence-electron chi connectivity index (χ2n) is 4.05. The van der Waals surface area contributed by atoms with Gasteiger partial charge >= 0.3 is 0 Å². The number of aliphatic hydroxyl groups is 1. The number of hydrogen-bond donors (Lipinski definition) is 1. The van der Waals surface area contributed by atoms with Gasteiger partial charge in [0.2, 0.25) is 0 Å². The second-order valence-corrected chi connectivity index (χ2v) is 4.05. The van der Waals surface area contributed by atoms with Gasteiger partial charge in [0.25, 0.3) is 0 Å². The molecule has 0 fully saturated rings. The molecule has 5 nitrogen and oxygen atoms in total. The Bertz CT molecular complexity index is 537. The fourth-order valence-corrected chi connectivity index (χ4v) is 1.86. The van der Waals surface area contributed by atoms with Crippen LogP contribution in [0.5, 0.6) is 11.5 Å². The monoisotopic (exact) mass is 262 g/mol. The van der Waals surface area contributed by atoms with Gasteiger partial charge in [0, 0.05) is 24.5 Å². The zero-order chi connectivity index (χ0) is 13.7. The van der Waals surface area contributed by atoms with E-state index >= 15 is 0 Å². The molecule has 0 saturated heterocycles. The van der Waals surface area contributed by atoms with Crippen LogP contribution in [0.3, 0.4) is 0 Å². The van der Waals surface area contributed by atoms with Gasteiger partial charge in [-0.1, -0.05) is 0 Å². The number of rotatable bonds is 6. The zero-order valence-electron chi connectivity index (χ0n) is 11.2. The van der Waals surface area contributed by atoms with E-state index < -0.39 is 0 Å². The fourth-order valence-electron chi connectivity index (χ4n) is 1.86. The van der Waals surface area contributed by atoms with Crippen LogP contribution in [0.1, 0.15) is 18.3 Å². The summed E-state index contributed by atoms with van der Waals surface area (Å²) in [6.07, 6.45) is 3.67. The molecule has 0 aliphatic rings. The number of aromatic nitrogens is 2. The summed E-state index contributed by atoms with van der Waals surface area (Å²) in [5.74, 6) is 2.21. The quantitative estimate of drug-likeness (QED) is 0.865. The smallest absolute Gasteiger partial charge is 0.146 e. The summed E-state index contributed by atoms with van der Waals surface area (Å²) in [4.78, 5) is 4.24. The number of ether oxygens (including phenoxy) is 2. The van der Waals surface area contributed by atoms with Crippen molar-refractivity contribution in [2.45, 2.75) is 26.7 Å². The Hall–Kier alpha value is -2.01. The molecule has 1 aromatic heterocycles. The topological polar surface area (TPSA) is 56.5 Å². The van der Waals surface area contributed by atoms with Gasteiger partial charge in [-0.15, -0.1) is 0 Å². The number of aryl methyl sites for hydroxylation is 1. The lowest BCUT2D eigenvalue weighted by atomic mass is 10.2. The third-order valence-corrected chi connectivity index (χ3v) is 2.94. The van der Waals surface area contributed by atoms with E-state index in [2.05, 4.69) is 11.9 Å². The maximum absolute atomic E-state index is 9.34. The molecule has 0 saturated carbocycles. The standard InChI is InChI=1S/C14H18N2O3/c1-3-16-7-6-15-14(16)10-19-13-5-4-12(18-2)8-11(13)9-17/h4-8,17H,3,9-10H2,1-2H3. The highest BCUT2D eigenvalue weighted by atomic mass is 16.5. The average Bonchev–Trinajstić information content (AvgIpc) is 2.92. The first-order valence-corrected chi connectivity index (χ1v) is 6.19. The van der Waals surface area contributed by atoms with E-state index in [1.807, 2.05) is 10.8 Å². The molecule has 0 bridgehead atoms. The summed E-state index contributed by atoms with van der Waals surface area (Å²) < 4.78 is 12.8. The van der Waals surface area contributed by atoms with Crippen LogP contribution in [-0.4, -0.2) is 21.8 Å². The van der Waals surface area contributed by atoms with E-state index in [0.717, 1.165) is 12.4 Å². The van der Waals surface area contributed by atoms with Crippen molar-refractivity contribution in [1.82, 2.24) is 9.55 Å². The predicted octanol–water partition coefficient (Wildman–Crippen LogP) is 1.98. The van der Waals surface area contributed by atoms with Gasteiger partial charge in [-0.25, -0.2) is 4.98 Å². The van der Waals surface area contributed by atoms with Crippen molar-refractivity contribution in [3.8, 4) is 11.5 Å².